The van der Waals surface area contributed by atoms with Gasteiger partial charge in [-0.05, 0) is 43.9 Å². The molecule has 1 aromatic carbocycles. The van der Waals surface area contributed by atoms with Gasteiger partial charge in [0, 0.05) is 31.0 Å². The summed E-state index contributed by atoms with van der Waals surface area (Å²) >= 11 is 0. The van der Waals surface area contributed by atoms with Crippen molar-refractivity contribution in [1.82, 2.24) is 14.5 Å². The molecule has 174 valence electrons. The maximum atomic E-state index is 14.7. The number of aromatic nitrogens is 3. The molecule has 0 spiro atoms. The summed E-state index contributed by atoms with van der Waals surface area (Å²) < 4.78 is 30.7. The van der Waals surface area contributed by atoms with E-state index in [-0.39, 0.29) is 40.4 Å². The van der Waals surface area contributed by atoms with Crippen LogP contribution >= 0.6 is 0 Å². The Kier molecular flexibility index (Phi) is 6.01. The topological polar surface area (TPSA) is 100 Å². The van der Waals surface area contributed by atoms with Gasteiger partial charge in [-0.3, -0.25) is 19.1 Å². The van der Waals surface area contributed by atoms with Gasteiger partial charge in [-0.25, -0.2) is 18.6 Å². The lowest BCUT2D eigenvalue weighted by molar-refractivity contribution is 0.102. The number of fused-ring (bicyclic) bond motifs is 1. The van der Waals surface area contributed by atoms with Crippen LogP contribution in [0.3, 0.4) is 0 Å². The number of carbonyl (C=O) groups excluding carboxylic acids is 1. The predicted molar refractivity (Wildman–Crippen MR) is 122 cm³/mol. The van der Waals surface area contributed by atoms with Crippen LogP contribution in [-0.4, -0.2) is 33.5 Å². The average molecular weight is 457 g/mol. The number of amides is 1. The highest BCUT2D eigenvalue weighted by molar-refractivity contribution is 6.11. The van der Waals surface area contributed by atoms with Crippen molar-refractivity contribution in [2.45, 2.75) is 46.1 Å². The van der Waals surface area contributed by atoms with E-state index >= 15 is 0 Å². The number of benzene rings is 1. The zero-order valence-electron chi connectivity index (χ0n) is 18.7. The molecule has 1 fully saturated rings. The fourth-order valence-corrected chi connectivity index (χ4v) is 4.14. The lowest BCUT2D eigenvalue weighted by atomic mass is 10.0. The highest BCUT2D eigenvalue weighted by atomic mass is 19.1. The number of anilines is 2. The van der Waals surface area contributed by atoms with E-state index in [4.69, 9.17) is 0 Å². The maximum absolute atomic E-state index is 14.7. The second-order valence-corrected chi connectivity index (χ2v) is 8.39. The molecule has 0 aliphatic carbocycles. The molecule has 0 radical (unpaired) electrons. The van der Waals surface area contributed by atoms with E-state index in [1.165, 1.54) is 10.6 Å². The molecule has 10 heteroatoms. The molecule has 0 atom stereocenters. The predicted octanol–water partition coefficient (Wildman–Crippen LogP) is 3.36. The van der Waals surface area contributed by atoms with Crippen molar-refractivity contribution >= 4 is 28.3 Å². The smallest absolute Gasteiger partial charge is 0.329 e. The van der Waals surface area contributed by atoms with Gasteiger partial charge in [0.05, 0.1) is 10.9 Å². The Balaban J connectivity index is 1.80. The first-order chi connectivity index (χ1) is 15.7. The second-order valence-electron chi connectivity index (χ2n) is 8.39. The Morgan fingerprint density at radius 3 is 2.36 bits per heavy atom. The van der Waals surface area contributed by atoms with Crippen LogP contribution in [0.25, 0.3) is 11.0 Å². The highest BCUT2D eigenvalue weighted by Crippen LogP contribution is 2.30. The van der Waals surface area contributed by atoms with Gasteiger partial charge >= 0.3 is 5.69 Å². The molecule has 0 bridgehead atoms. The van der Waals surface area contributed by atoms with Gasteiger partial charge in [0.2, 0.25) is 0 Å². The number of nitrogens with one attached hydrogen (secondary N) is 2. The van der Waals surface area contributed by atoms with Crippen LogP contribution in [0, 0.1) is 11.6 Å². The van der Waals surface area contributed by atoms with Crippen LogP contribution in [-0.2, 0) is 6.54 Å². The minimum absolute atomic E-state index is 0.0309. The van der Waals surface area contributed by atoms with E-state index in [1.807, 2.05) is 13.8 Å². The average Bonchev–Trinajstić information content (AvgIpc) is 3.26. The molecule has 8 nitrogen and oxygen atoms in total. The van der Waals surface area contributed by atoms with Crippen molar-refractivity contribution in [3.05, 3.63) is 61.9 Å². The Morgan fingerprint density at radius 2 is 1.79 bits per heavy atom. The van der Waals surface area contributed by atoms with Crippen LogP contribution < -0.4 is 21.5 Å². The first kappa shape index (κ1) is 22.6. The minimum atomic E-state index is -0.771. The van der Waals surface area contributed by atoms with E-state index in [0.29, 0.717) is 18.8 Å². The summed E-state index contributed by atoms with van der Waals surface area (Å²) in [4.78, 5) is 46.3. The Labute approximate surface area is 188 Å². The van der Waals surface area contributed by atoms with E-state index in [0.717, 1.165) is 25.0 Å². The number of pyridine rings is 1. The third kappa shape index (κ3) is 4.12. The molecule has 2 aromatic heterocycles. The zero-order chi connectivity index (χ0) is 23.9. The second kappa shape index (κ2) is 8.76. The molecule has 33 heavy (non-hydrogen) atoms. The maximum Gasteiger partial charge on any atom is 0.329 e. The molecular formula is C23H25F2N5O3. The van der Waals surface area contributed by atoms with Gasteiger partial charge in [-0.1, -0.05) is 13.8 Å². The molecule has 1 saturated heterocycles. The van der Waals surface area contributed by atoms with Gasteiger partial charge in [-0.15, -0.1) is 0 Å². The SMILES string of the molecule is CCn1c(=O)[nH]c(=O)c2c(C(=O)Nc3cc(F)c(N4CCCC4)c(F)c3)cc(C(C)C)nc21. The number of hydrogen-bond donors (Lipinski definition) is 2. The number of H-pyrrole nitrogens is 1. The van der Waals surface area contributed by atoms with Gasteiger partial charge in [0.15, 0.2) is 17.3 Å². The molecule has 0 saturated carbocycles. The lowest BCUT2D eigenvalue weighted by Crippen LogP contribution is -2.32. The van der Waals surface area contributed by atoms with Crippen molar-refractivity contribution in [3.8, 4) is 0 Å². The molecule has 1 amide bonds. The normalized spacial score (nSPS) is 13.8. The summed E-state index contributed by atoms with van der Waals surface area (Å²) in [5.74, 6) is -2.38. The van der Waals surface area contributed by atoms with Crippen LogP contribution in [0.15, 0.2) is 27.8 Å². The largest absolute Gasteiger partial charge is 0.367 e. The van der Waals surface area contributed by atoms with Crippen LogP contribution in [0.4, 0.5) is 20.2 Å². The third-order valence-corrected chi connectivity index (χ3v) is 5.82. The number of hydrogen-bond acceptors (Lipinski definition) is 5. The Morgan fingerprint density at radius 1 is 1.15 bits per heavy atom. The molecule has 3 heterocycles. The quantitative estimate of drug-likeness (QED) is 0.612. The lowest BCUT2D eigenvalue weighted by Gasteiger charge is -2.20. The van der Waals surface area contributed by atoms with Crippen LogP contribution in [0.5, 0.6) is 0 Å². The summed E-state index contributed by atoms with van der Waals surface area (Å²) in [6, 6.07) is 3.59. The molecule has 3 aromatic rings. The van der Waals surface area contributed by atoms with Crippen LogP contribution in [0.1, 0.15) is 55.6 Å². The summed E-state index contributed by atoms with van der Waals surface area (Å²) in [6.45, 7) is 6.82. The first-order valence-electron chi connectivity index (χ1n) is 10.9. The molecule has 1 aliphatic heterocycles. The van der Waals surface area contributed by atoms with Gasteiger partial charge in [0.1, 0.15) is 5.69 Å². The van der Waals surface area contributed by atoms with E-state index in [9.17, 15) is 23.2 Å². The monoisotopic (exact) mass is 457 g/mol. The molecular weight excluding hydrogens is 432 g/mol. The Hall–Kier alpha value is -3.56. The summed E-state index contributed by atoms with van der Waals surface area (Å²) in [6.07, 6.45) is 1.73. The Bertz CT molecular complexity index is 1330. The molecule has 0 unspecified atom stereocenters. The fourth-order valence-electron chi connectivity index (χ4n) is 4.14. The minimum Gasteiger partial charge on any atom is -0.367 e. The summed E-state index contributed by atoms with van der Waals surface area (Å²) in [7, 11) is 0. The number of rotatable bonds is 5. The first-order valence-corrected chi connectivity index (χ1v) is 10.9. The van der Waals surface area contributed by atoms with Gasteiger partial charge in [-0.2, -0.15) is 0 Å². The summed E-state index contributed by atoms with van der Waals surface area (Å²) in [5.41, 5.74) is -1.01. The number of nitrogens with zero attached hydrogens (tertiary/aromatic N) is 3. The summed E-state index contributed by atoms with van der Waals surface area (Å²) in [5, 5.41) is 2.43. The standard InChI is InChI=1S/C23H25F2N5O3/c1-4-30-20-18(22(32)28-23(30)33)14(11-17(27-20)12(2)3)21(31)26-13-9-15(24)19(16(25)10-13)29-7-5-6-8-29/h9-12H,4-8H2,1-3H3,(H,26,31)(H,28,32,33). The van der Waals surface area contributed by atoms with Crippen molar-refractivity contribution in [3.63, 3.8) is 0 Å². The fraction of sp³-hybridized carbons (Fsp3) is 0.391. The van der Waals surface area contributed by atoms with Crippen molar-refractivity contribution in [2.75, 3.05) is 23.3 Å². The molecule has 4 rings (SSSR count). The molecule has 1 aliphatic rings. The number of carbonyl (C=O) groups is 1. The number of aryl methyl sites for hydroxylation is 1. The van der Waals surface area contributed by atoms with Gasteiger partial charge < -0.3 is 10.2 Å². The highest BCUT2D eigenvalue weighted by Gasteiger charge is 2.23. The van der Waals surface area contributed by atoms with Crippen molar-refractivity contribution < 1.29 is 13.6 Å². The van der Waals surface area contributed by atoms with Crippen molar-refractivity contribution in [2.24, 2.45) is 0 Å². The van der Waals surface area contributed by atoms with E-state index in [2.05, 4.69) is 15.3 Å². The number of aromatic amines is 1. The van der Waals surface area contributed by atoms with Crippen molar-refractivity contribution in [1.29, 1.82) is 0 Å². The van der Waals surface area contributed by atoms with E-state index < -0.39 is 28.8 Å². The third-order valence-electron chi connectivity index (χ3n) is 5.82. The molecule has 2 N–H and O–H groups in total. The van der Waals surface area contributed by atoms with Crippen LogP contribution in [0.2, 0.25) is 0 Å². The number of halogens is 2. The van der Waals surface area contributed by atoms with Gasteiger partial charge in [0.25, 0.3) is 11.5 Å². The zero-order valence-corrected chi connectivity index (χ0v) is 18.7. The van der Waals surface area contributed by atoms with E-state index in [1.54, 1.807) is 11.8 Å².